The quantitative estimate of drug-likeness (QED) is 0.181. The van der Waals surface area contributed by atoms with E-state index in [4.69, 9.17) is 0 Å². The van der Waals surface area contributed by atoms with E-state index in [9.17, 15) is 36.1 Å². The van der Waals surface area contributed by atoms with Gasteiger partial charge in [0.2, 0.25) is 15.9 Å². The number of carbonyl (C=O) groups excluding carboxylic acids is 1. The number of non-ortho nitro benzene ring substituents is 1. The van der Waals surface area contributed by atoms with Crippen LogP contribution in [0.15, 0.2) is 78.0 Å². The summed E-state index contributed by atoms with van der Waals surface area (Å²) in [5, 5.41) is 14.2. The van der Waals surface area contributed by atoms with Gasteiger partial charge in [0.15, 0.2) is 0 Å². The maximum atomic E-state index is 13.9. The first kappa shape index (κ1) is 34.9. The van der Waals surface area contributed by atoms with Crippen molar-refractivity contribution in [3.05, 3.63) is 94.3 Å². The van der Waals surface area contributed by atoms with Crippen molar-refractivity contribution in [1.29, 1.82) is 0 Å². The molecule has 12 nitrogen and oxygen atoms in total. The van der Waals surface area contributed by atoms with Crippen molar-refractivity contribution >= 4 is 37.1 Å². The van der Waals surface area contributed by atoms with E-state index >= 15 is 0 Å². The molecule has 15 heteroatoms. The monoisotopic (exact) mass is 675 g/mol. The van der Waals surface area contributed by atoms with Gasteiger partial charge in [-0.15, -0.1) is 0 Å². The molecule has 0 radical (unpaired) electrons. The number of rotatable bonds is 15. The third-order valence-corrected chi connectivity index (χ3v) is 10.4. The number of aromatic nitrogens is 1. The predicted molar refractivity (Wildman–Crippen MR) is 172 cm³/mol. The molecular formula is C31H38FN5O7S2. The highest BCUT2D eigenvalue weighted by molar-refractivity contribution is 7.90. The van der Waals surface area contributed by atoms with Crippen LogP contribution in [-0.2, 0) is 37.5 Å². The lowest BCUT2D eigenvalue weighted by atomic mass is 9.93. The smallest absolute Gasteiger partial charge is 0.269 e. The number of piperidine rings is 1. The Morgan fingerprint density at radius 1 is 1.02 bits per heavy atom. The molecule has 1 aliphatic rings. The van der Waals surface area contributed by atoms with Crippen LogP contribution in [0, 0.1) is 16.0 Å². The average Bonchev–Trinajstić information content (AvgIpc) is 3.01. The van der Waals surface area contributed by atoms with E-state index in [1.54, 1.807) is 4.90 Å². The number of halogens is 1. The molecule has 0 aliphatic carbocycles. The fourth-order valence-electron chi connectivity index (χ4n) is 5.59. The summed E-state index contributed by atoms with van der Waals surface area (Å²) in [5.74, 6) is -0.603. The number of pyridine rings is 1. The second kappa shape index (κ2) is 15.6. The summed E-state index contributed by atoms with van der Waals surface area (Å²) in [6.07, 6.45) is 5.40. The van der Waals surface area contributed by atoms with E-state index in [2.05, 4.69) is 15.0 Å². The van der Waals surface area contributed by atoms with Gasteiger partial charge in [0.1, 0.15) is 20.8 Å². The topological polar surface area (TPSA) is 169 Å². The van der Waals surface area contributed by atoms with E-state index in [0.29, 0.717) is 44.3 Å². The zero-order valence-corrected chi connectivity index (χ0v) is 27.1. The number of hydrogen-bond acceptors (Lipinski definition) is 9. The van der Waals surface area contributed by atoms with Gasteiger partial charge in [-0.1, -0.05) is 42.5 Å². The second-order valence-electron chi connectivity index (χ2n) is 11.5. The molecule has 2 N–H and O–H groups in total. The van der Waals surface area contributed by atoms with Crippen molar-refractivity contribution in [2.75, 3.05) is 37.1 Å². The highest BCUT2D eigenvalue weighted by Crippen LogP contribution is 2.25. The Hall–Kier alpha value is -3.95. The molecule has 0 spiro atoms. The molecule has 2 heterocycles. The van der Waals surface area contributed by atoms with Gasteiger partial charge in [-0.05, 0) is 55.2 Å². The summed E-state index contributed by atoms with van der Waals surface area (Å²) in [5.41, 5.74) is 1.32. The van der Waals surface area contributed by atoms with Crippen LogP contribution in [0.25, 0.3) is 0 Å². The number of nitro groups is 1. The summed E-state index contributed by atoms with van der Waals surface area (Å²) in [6.45, 7) is 0.238. The van der Waals surface area contributed by atoms with Crippen LogP contribution >= 0.6 is 0 Å². The summed E-state index contributed by atoms with van der Waals surface area (Å²) >= 11 is 0. The number of sulfone groups is 1. The van der Waals surface area contributed by atoms with Gasteiger partial charge in [0.25, 0.3) is 5.69 Å². The molecule has 1 saturated heterocycles. The fraction of sp³-hybridized carbons (Fsp3) is 0.419. The van der Waals surface area contributed by atoms with Crippen molar-refractivity contribution < 1.29 is 30.9 Å². The molecule has 0 unspecified atom stereocenters. The summed E-state index contributed by atoms with van der Waals surface area (Å²) in [4.78, 5) is 29.6. The fourth-order valence-corrected chi connectivity index (χ4v) is 7.82. The Balaban J connectivity index is 1.62. The van der Waals surface area contributed by atoms with Crippen molar-refractivity contribution in [3.63, 3.8) is 0 Å². The largest absolute Gasteiger partial charge is 0.380 e. The number of amides is 1. The molecule has 0 saturated carbocycles. The lowest BCUT2D eigenvalue weighted by molar-refractivity contribution is -0.384. The Bertz CT molecular complexity index is 1700. The zero-order chi connectivity index (χ0) is 33.3. The van der Waals surface area contributed by atoms with Gasteiger partial charge >= 0.3 is 0 Å². The van der Waals surface area contributed by atoms with Gasteiger partial charge in [0.05, 0.1) is 23.0 Å². The average molecular weight is 676 g/mol. The first-order valence-corrected chi connectivity index (χ1v) is 18.4. The van der Waals surface area contributed by atoms with E-state index in [1.165, 1.54) is 36.5 Å². The number of benzene rings is 2. The lowest BCUT2D eigenvalue weighted by Crippen LogP contribution is -2.51. The van der Waals surface area contributed by atoms with Gasteiger partial charge in [0, 0.05) is 49.9 Å². The number of hydrogen-bond donors (Lipinski definition) is 2. The number of anilines is 1. The number of sulfonamides is 1. The standard InChI is InChI=1S/C31H38FN5O7S2/c1-45(41,42)22-26(19-24-5-3-2-4-6-24)34-28-12-16-33-21-30(28)46(43,44)35-29(20-25-7-9-27(10-8-25)37(39)40)31(38)36-17-13-23(11-15-32)14-18-36/h2-10,12,16,21,23,26,29,35H,11,13-15,17-20,22H2,1H3,(H,33,34)/t26-,29-/m0/s1. The molecule has 2 aromatic carbocycles. The van der Waals surface area contributed by atoms with E-state index in [-0.39, 0.29) is 34.4 Å². The molecule has 1 aromatic heterocycles. The molecule has 4 rings (SSSR count). The first-order chi connectivity index (χ1) is 21.8. The molecule has 2 atom stereocenters. The third kappa shape index (κ3) is 10.0. The molecule has 248 valence electrons. The van der Waals surface area contributed by atoms with Crippen LogP contribution < -0.4 is 10.0 Å². The highest BCUT2D eigenvalue weighted by atomic mass is 32.2. The Kier molecular flexibility index (Phi) is 11.8. The van der Waals surface area contributed by atoms with Crippen LogP contribution in [0.1, 0.15) is 30.4 Å². The maximum Gasteiger partial charge on any atom is 0.269 e. The number of likely N-dealkylation sites (tertiary alicyclic amines) is 1. The summed E-state index contributed by atoms with van der Waals surface area (Å²) in [7, 11) is -7.89. The Morgan fingerprint density at radius 3 is 2.28 bits per heavy atom. The van der Waals surface area contributed by atoms with Crippen LogP contribution in [0.3, 0.4) is 0 Å². The molecule has 46 heavy (non-hydrogen) atoms. The zero-order valence-electron chi connectivity index (χ0n) is 25.4. The summed E-state index contributed by atoms with van der Waals surface area (Å²) in [6, 6.07) is 14.2. The number of nitrogens with one attached hydrogen (secondary N) is 2. The molecule has 1 amide bonds. The van der Waals surface area contributed by atoms with Crippen molar-refractivity contribution in [1.82, 2.24) is 14.6 Å². The van der Waals surface area contributed by atoms with Crippen LogP contribution in [0.5, 0.6) is 0 Å². The normalized spacial score (nSPS) is 15.7. The second-order valence-corrected chi connectivity index (χ2v) is 15.4. The van der Waals surface area contributed by atoms with Gasteiger partial charge < -0.3 is 10.2 Å². The number of nitrogens with zero attached hydrogens (tertiary/aromatic N) is 3. The molecule has 1 fully saturated rings. The van der Waals surface area contributed by atoms with E-state index < -0.39 is 49.4 Å². The van der Waals surface area contributed by atoms with Crippen molar-refractivity contribution in [3.8, 4) is 0 Å². The van der Waals surface area contributed by atoms with Gasteiger partial charge in [-0.25, -0.2) is 16.8 Å². The van der Waals surface area contributed by atoms with E-state index in [0.717, 1.165) is 18.0 Å². The number of carbonyl (C=O) groups is 1. The van der Waals surface area contributed by atoms with Crippen LogP contribution in [-0.4, -0.2) is 81.4 Å². The molecule has 3 aromatic rings. The molecule has 1 aliphatic heterocycles. The Labute approximate surface area is 268 Å². The highest BCUT2D eigenvalue weighted by Gasteiger charge is 2.33. The SMILES string of the molecule is CS(=O)(=O)C[C@H](Cc1ccccc1)Nc1ccncc1S(=O)(=O)N[C@@H](Cc1ccc([N+](=O)[O-])cc1)C(=O)N1CCC(CCF)CC1. The lowest BCUT2D eigenvalue weighted by Gasteiger charge is -2.34. The Morgan fingerprint density at radius 2 is 1.67 bits per heavy atom. The summed E-state index contributed by atoms with van der Waals surface area (Å²) < 4.78 is 67.9. The van der Waals surface area contributed by atoms with E-state index in [1.807, 2.05) is 30.3 Å². The van der Waals surface area contributed by atoms with Crippen molar-refractivity contribution in [2.45, 2.75) is 49.1 Å². The minimum atomic E-state index is -4.43. The predicted octanol–water partition coefficient (Wildman–Crippen LogP) is 3.55. The van der Waals surface area contributed by atoms with Gasteiger partial charge in [-0.2, -0.15) is 4.72 Å². The third-order valence-electron chi connectivity index (χ3n) is 7.89. The number of alkyl halides is 1. The number of nitro benzene ring substituents is 1. The molecule has 0 bridgehead atoms. The molecular weight excluding hydrogens is 638 g/mol. The van der Waals surface area contributed by atoms with Crippen LogP contribution in [0.4, 0.5) is 15.8 Å². The van der Waals surface area contributed by atoms with Crippen LogP contribution in [0.2, 0.25) is 0 Å². The minimum absolute atomic E-state index is 0.0891. The minimum Gasteiger partial charge on any atom is -0.380 e. The van der Waals surface area contributed by atoms with Crippen molar-refractivity contribution in [2.24, 2.45) is 5.92 Å². The van der Waals surface area contributed by atoms with Gasteiger partial charge in [-0.3, -0.25) is 24.3 Å². The maximum absolute atomic E-state index is 13.9. The first-order valence-electron chi connectivity index (χ1n) is 14.9.